The van der Waals surface area contributed by atoms with Gasteiger partial charge in [0, 0.05) is 6.42 Å². The number of carbonyl (C=O) groups excluding carboxylic acids is 1. The summed E-state index contributed by atoms with van der Waals surface area (Å²) >= 11 is 0. The second kappa shape index (κ2) is 25.5. The number of aliphatic hydroxyl groups excluding tert-OH is 2. The van der Waals surface area contributed by atoms with Gasteiger partial charge in [0.2, 0.25) is 5.91 Å². The van der Waals surface area contributed by atoms with Gasteiger partial charge in [0.05, 0.1) is 18.8 Å². The monoisotopic (exact) mass is 465 g/mol. The largest absolute Gasteiger partial charge is 0.394 e. The van der Waals surface area contributed by atoms with E-state index in [0.717, 1.165) is 32.1 Å². The molecule has 0 aromatic rings. The molecule has 0 saturated carbocycles. The summed E-state index contributed by atoms with van der Waals surface area (Å²) in [6.07, 6.45) is 29.6. The lowest BCUT2D eigenvalue weighted by molar-refractivity contribution is -0.123. The van der Waals surface area contributed by atoms with E-state index in [1.807, 2.05) is 6.08 Å². The van der Waals surface area contributed by atoms with Gasteiger partial charge in [0.1, 0.15) is 0 Å². The van der Waals surface area contributed by atoms with Crippen LogP contribution in [0.4, 0.5) is 0 Å². The normalized spacial score (nSPS) is 13.7. The van der Waals surface area contributed by atoms with Crippen molar-refractivity contribution >= 4 is 5.91 Å². The van der Waals surface area contributed by atoms with Gasteiger partial charge in [-0.05, 0) is 32.1 Å². The minimum Gasteiger partial charge on any atom is -0.394 e. The zero-order valence-corrected chi connectivity index (χ0v) is 21.9. The second-order valence-corrected chi connectivity index (χ2v) is 9.46. The van der Waals surface area contributed by atoms with Crippen molar-refractivity contribution in [2.24, 2.45) is 0 Å². The first-order chi connectivity index (χ1) is 16.2. The van der Waals surface area contributed by atoms with Crippen molar-refractivity contribution in [1.82, 2.24) is 5.32 Å². The Morgan fingerprint density at radius 3 is 1.76 bits per heavy atom. The number of nitrogens with one attached hydrogen (secondary N) is 1. The van der Waals surface area contributed by atoms with Crippen molar-refractivity contribution in [2.75, 3.05) is 6.61 Å². The van der Waals surface area contributed by atoms with Crippen LogP contribution in [-0.4, -0.2) is 34.9 Å². The van der Waals surface area contributed by atoms with Crippen molar-refractivity contribution in [3.8, 4) is 0 Å². The summed E-state index contributed by atoms with van der Waals surface area (Å²) in [5.74, 6) is -0.0814. The van der Waals surface area contributed by atoms with E-state index >= 15 is 0 Å². The van der Waals surface area contributed by atoms with E-state index < -0.39 is 12.1 Å². The predicted octanol–water partition coefficient (Wildman–Crippen LogP) is 7.39. The fourth-order valence-electron chi connectivity index (χ4n) is 3.95. The SMILES string of the molecule is CCCCCCCC/C=C/CC/C=C/C(O)C(CO)NC(=O)CCCCCCCCCCC. The van der Waals surface area contributed by atoms with Crippen LogP contribution in [0.15, 0.2) is 24.3 Å². The van der Waals surface area contributed by atoms with Gasteiger partial charge in [-0.1, -0.05) is 122 Å². The third kappa shape index (κ3) is 22.4. The fraction of sp³-hybridized carbons (Fsp3) is 0.828. The minimum atomic E-state index is -0.853. The molecule has 1 amide bonds. The number of hydrogen-bond acceptors (Lipinski definition) is 3. The average molecular weight is 466 g/mol. The highest BCUT2D eigenvalue weighted by Crippen LogP contribution is 2.11. The molecule has 0 bridgehead atoms. The third-order valence-electron chi connectivity index (χ3n) is 6.19. The second-order valence-electron chi connectivity index (χ2n) is 9.46. The van der Waals surface area contributed by atoms with Crippen LogP contribution in [-0.2, 0) is 4.79 Å². The van der Waals surface area contributed by atoms with Crippen LogP contribution in [0.1, 0.15) is 136 Å². The molecule has 0 saturated heterocycles. The molecule has 0 rings (SSSR count). The first-order valence-electron chi connectivity index (χ1n) is 14.1. The van der Waals surface area contributed by atoms with Crippen LogP contribution in [0.2, 0.25) is 0 Å². The summed E-state index contributed by atoms with van der Waals surface area (Å²) in [5, 5.41) is 22.6. The van der Waals surface area contributed by atoms with E-state index in [2.05, 4.69) is 31.3 Å². The smallest absolute Gasteiger partial charge is 0.220 e. The first-order valence-corrected chi connectivity index (χ1v) is 14.1. The summed E-state index contributed by atoms with van der Waals surface area (Å²) in [6.45, 7) is 4.22. The molecule has 0 aliphatic carbocycles. The van der Waals surface area contributed by atoms with Crippen LogP contribution >= 0.6 is 0 Å². The van der Waals surface area contributed by atoms with Gasteiger partial charge >= 0.3 is 0 Å². The number of aliphatic hydroxyl groups is 2. The van der Waals surface area contributed by atoms with Crippen LogP contribution in [0, 0.1) is 0 Å². The lowest BCUT2D eigenvalue weighted by Gasteiger charge is -2.19. The Morgan fingerprint density at radius 2 is 1.18 bits per heavy atom. The summed E-state index contributed by atoms with van der Waals surface area (Å²) in [4.78, 5) is 12.1. The Hall–Kier alpha value is -1.13. The lowest BCUT2D eigenvalue weighted by Crippen LogP contribution is -2.45. The molecular formula is C29H55NO3. The Morgan fingerprint density at radius 1 is 0.697 bits per heavy atom. The Bertz CT molecular complexity index is 475. The summed E-state index contributed by atoms with van der Waals surface area (Å²) in [5.41, 5.74) is 0. The molecule has 33 heavy (non-hydrogen) atoms. The molecule has 194 valence electrons. The Labute approximate surface area is 205 Å². The molecule has 0 aliphatic rings. The van der Waals surface area contributed by atoms with Crippen molar-refractivity contribution in [3.05, 3.63) is 24.3 Å². The van der Waals surface area contributed by atoms with E-state index in [1.54, 1.807) is 6.08 Å². The maximum atomic E-state index is 12.1. The zero-order valence-electron chi connectivity index (χ0n) is 21.9. The zero-order chi connectivity index (χ0) is 24.4. The molecular weight excluding hydrogens is 410 g/mol. The van der Waals surface area contributed by atoms with Crippen LogP contribution in [0.3, 0.4) is 0 Å². The van der Waals surface area contributed by atoms with Crippen LogP contribution < -0.4 is 5.32 Å². The Kier molecular flexibility index (Phi) is 24.6. The minimum absolute atomic E-state index is 0.0814. The summed E-state index contributed by atoms with van der Waals surface area (Å²) in [6, 6.07) is -0.629. The maximum absolute atomic E-state index is 12.1. The molecule has 0 aliphatic heterocycles. The molecule has 0 aromatic carbocycles. The molecule has 4 heteroatoms. The topological polar surface area (TPSA) is 69.6 Å². The number of hydrogen-bond donors (Lipinski definition) is 3. The number of allylic oxidation sites excluding steroid dienone is 3. The van der Waals surface area contributed by atoms with E-state index in [1.165, 1.54) is 83.5 Å². The predicted molar refractivity (Wildman–Crippen MR) is 142 cm³/mol. The van der Waals surface area contributed by atoms with Gasteiger partial charge in [0.25, 0.3) is 0 Å². The lowest BCUT2D eigenvalue weighted by atomic mass is 10.1. The molecule has 0 aromatic heterocycles. The van der Waals surface area contributed by atoms with Gasteiger partial charge in [0.15, 0.2) is 0 Å². The Balaban J connectivity index is 3.79. The third-order valence-corrected chi connectivity index (χ3v) is 6.19. The molecule has 0 spiro atoms. The molecule has 0 radical (unpaired) electrons. The summed E-state index contributed by atoms with van der Waals surface area (Å²) in [7, 11) is 0. The number of rotatable bonds is 24. The standard InChI is InChI=1S/C29H55NO3/c1-3-5-7-9-11-13-14-15-17-18-20-22-24-28(32)27(26-31)30-29(33)25-23-21-19-16-12-10-8-6-4-2/h15,17,22,24,27-28,31-32H,3-14,16,18-21,23,25-26H2,1-2H3,(H,30,33)/b17-15+,24-22+. The number of unbranched alkanes of at least 4 members (excludes halogenated alkanes) is 15. The van der Waals surface area contributed by atoms with E-state index in [-0.39, 0.29) is 12.5 Å². The van der Waals surface area contributed by atoms with Crippen molar-refractivity contribution in [3.63, 3.8) is 0 Å². The molecule has 2 unspecified atom stereocenters. The van der Waals surface area contributed by atoms with E-state index in [9.17, 15) is 15.0 Å². The van der Waals surface area contributed by atoms with Gasteiger partial charge in [-0.2, -0.15) is 0 Å². The molecule has 2 atom stereocenters. The summed E-state index contributed by atoms with van der Waals surface area (Å²) < 4.78 is 0. The van der Waals surface area contributed by atoms with Gasteiger partial charge < -0.3 is 15.5 Å². The highest BCUT2D eigenvalue weighted by molar-refractivity contribution is 5.76. The van der Waals surface area contributed by atoms with Crippen LogP contribution in [0.5, 0.6) is 0 Å². The number of amides is 1. The highest BCUT2D eigenvalue weighted by atomic mass is 16.3. The molecule has 0 heterocycles. The van der Waals surface area contributed by atoms with Gasteiger partial charge in [-0.3, -0.25) is 4.79 Å². The van der Waals surface area contributed by atoms with E-state index in [4.69, 9.17) is 0 Å². The van der Waals surface area contributed by atoms with Crippen LogP contribution in [0.25, 0.3) is 0 Å². The molecule has 3 N–H and O–H groups in total. The van der Waals surface area contributed by atoms with Gasteiger partial charge in [-0.25, -0.2) is 0 Å². The van der Waals surface area contributed by atoms with Crippen molar-refractivity contribution in [2.45, 2.75) is 148 Å². The van der Waals surface area contributed by atoms with Crippen molar-refractivity contribution < 1.29 is 15.0 Å². The highest BCUT2D eigenvalue weighted by Gasteiger charge is 2.17. The average Bonchev–Trinajstić information content (AvgIpc) is 2.82. The quantitative estimate of drug-likeness (QED) is 0.103. The molecule has 4 nitrogen and oxygen atoms in total. The van der Waals surface area contributed by atoms with Gasteiger partial charge in [-0.15, -0.1) is 0 Å². The van der Waals surface area contributed by atoms with Crippen molar-refractivity contribution in [1.29, 1.82) is 0 Å². The maximum Gasteiger partial charge on any atom is 0.220 e. The fourth-order valence-corrected chi connectivity index (χ4v) is 3.95. The first kappa shape index (κ1) is 31.9. The number of carbonyl (C=O) groups is 1. The van der Waals surface area contributed by atoms with E-state index in [0.29, 0.717) is 6.42 Å². The molecule has 0 fully saturated rings.